The highest BCUT2D eigenvalue weighted by Crippen LogP contribution is 2.33. The van der Waals surface area contributed by atoms with Gasteiger partial charge in [-0.15, -0.1) is 10.2 Å². The van der Waals surface area contributed by atoms with Crippen LogP contribution in [0.1, 0.15) is 35.3 Å². The molecule has 1 amide bonds. The first kappa shape index (κ1) is 18.9. The molecule has 1 aliphatic rings. The Morgan fingerprint density at radius 3 is 2.52 bits per heavy atom. The highest BCUT2D eigenvalue weighted by Gasteiger charge is 2.21. The monoisotopic (exact) mass is 385 g/mol. The maximum atomic E-state index is 12.1. The zero-order valence-electron chi connectivity index (χ0n) is 16.6. The molecule has 3 aromatic rings. The largest absolute Gasteiger partial charge is 0.382 e. The van der Waals surface area contributed by atoms with Crippen LogP contribution in [0.2, 0.25) is 0 Å². The number of nitriles is 1. The third kappa shape index (κ3) is 4.04. The van der Waals surface area contributed by atoms with Crippen molar-refractivity contribution in [3.8, 4) is 17.2 Å². The van der Waals surface area contributed by atoms with Gasteiger partial charge in [-0.05, 0) is 47.7 Å². The lowest BCUT2D eigenvalue weighted by Crippen LogP contribution is -2.21. The minimum Gasteiger partial charge on any atom is -0.382 e. The van der Waals surface area contributed by atoms with Gasteiger partial charge in [-0.25, -0.2) is 0 Å². The molecule has 6 nitrogen and oxygen atoms in total. The molecule has 2 aromatic carbocycles. The van der Waals surface area contributed by atoms with Crippen LogP contribution in [0.3, 0.4) is 0 Å². The number of hydrogen-bond donors (Lipinski definition) is 1. The molecule has 146 valence electrons. The highest BCUT2D eigenvalue weighted by atomic mass is 16.2. The summed E-state index contributed by atoms with van der Waals surface area (Å²) in [6, 6.07) is 15.6. The molecule has 1 heterocycles. The van der Waals surface area contributed by atoms with Crippen LogP contribution in [0.15, 0.2) is 42.5 Å². The fraction of sp³-hybridized carbons (Fsp3) is 0.304. The van der Waals surface area contributed by atoms with E-state index in [1.54, 1.807) is 19.0 Å². The van der Waals surface area contributed by atoms with Crippen molar-refractivity contribution in [1.82, 2.24) is 15.1 Å². The molecular formula is C23H23N5O. The van der Waals surface area contributed by atoms with E-state index in [1.807, 2.05) is 42.5 Å². The average molecular weight is 385 g/mol. The van der Waals surface area contributed by atoms with Gasteiger partial charge < -0.3 is 10.2 Å². The highest BCUT2D eigenvalue weighted by molar-refractivity contribution is 5.96. The van der Waals surface area contributed by atoms with E-state index in [-0.39, 0.29) is 5.91 Å². The van der Waals surface area contributed by atoms with Crippen molar-refractivity contribution in [2.45, 2.75) is 19.3 Å². The summed E-state index contributed by atoms with van der Waals surface area (Å²) >= 11 is 0. The van der Waals surface area contributed by atoms with Crippen LogP contribution in [0.5, 0.6) is 0 Å². The zero-order valence-corrected chi connectivity index (χ0v) is 16.6. The molecule has 0 saturated heterocycles. The number of rotatable bonds is 6. The van der Waals surface area contributed by atoms with Crippen LogP contribution in [-0.4, -0.2) is 41.6 Å². The standard InChI is InChI=1S/C23H23N5O/c1-28(2)23(29)17-7-5-16(6-8-17)18-9-10-19-20(13-18)26-27-21(14-24)22(19)25-12-11-15-3-4-15/h5-10,13,15H,3-4,11-12H2,1-2H3,(H,25,26). The van der Waals surface area contributed by atoms with Crippen LogP contribution in [0.25, 0.3) is 22.0 Å². The minimum atomic E-state index is -0.0214. The number of nitrogens with one attached hydrogen (secondary N) is 1. The van der Waals surface area contributed by atoms with Crippen molar-refractivity contribution < 1.29 is 4.79 Å². The van der Waals surface area contributed by atoms with Gasteiger partial charge in [0.15, 0.2) is 5.69 Å². The van der Waals surface area contributed by atoms with Gasteiger partial charge in [0.1, 0.15) is 6.07 Å². The Morgan fingerprint density at radius 1 is 1.14 bits per heavy atom. The summed E-state index contributed by atoms with van der Waals surface area (Å²) in [5.74, 6) is 0.801. The van der Waals surface area contributed by atoms with Gasteiger partial charge in [-0.1, -0.05) is 31.0 Å². The van der Waals surface area contributed by atoms with E-state index < -0.39 is 0 Å². The molecule has 29 heavy (non-hydrogen) atoms. The lowest BCUT2D eigenvalue weighted by Gasteiger charge is -2.12. The Balaban J connectivity index is 1.63. The van der Waals surface area contributed by atoms with E-state index in [4.69, 9.17) is 0 Å². The first-order chi connectivity index (χ1) is 14.1. The number of carbonyl (C=O) groups is 1. The van der Waals surface area contributed by atoms with Gasteiger partial charge in [0.2, 0.25) is 0 Å². The number of carbonyl (C=O) groups excluding carboxylic acids is 1. The molecule has 1 aliphatic carbocycles. The molecule has 0 spiro atoms. The summed E-state index contributed by atoms with van der Waals surface area (Å²) in [7, 11) is 3.48. The molecule has 0 aliphatic heterocycles. The van der Waals surface area contributed by atoms with Crippen LogP contribution in [0.4, 0.5) is 5.69 Å². The summed E-state index contributed by atoms with van der Waals surface area (Å²) in [6.45, 7) is 0.837. The number of anilines is 1. The molecule has 0 bridgehead atoms. The minimum absolute atomic E-state index is 0.0214. The molecular weight excluding hydrogens is 362 g/mol. The Hall–Kier alpha value is -3.46. The quantitative estimate of drug-likeness (QED) is 0.691. The molecule has 4 rings (SSSR count). The molecule has 0 radical (unpaired) electrons. The molecule has 6 heteroatoms. The summed E-state index contributed by atoms with van der Waals surface area (Å²) in [4.78, 5) is 13.6. The average Bonchev–Trinajstić information content (AvgIpc) is 3.57. The molecule has 0 atom stereocenters. The summed E-state index contributed by atoms with van der Waals surface area (Å²) in [6.07, 6.45) is 3.74. The van der Waals surface area contributed by atoms with Gasteiger partial charge in [-0.3, -0.25) is 4.79 Å². The summed E-state index contributed by atoms with van der Waals surface area (Å²) < 4.78 is 0. The van der Waals surface area contributed by atoms with Crippen molar-refractivity contribution >= 4 is 22.5 Å². The Morgan fingerprint density at radius 2 is 1.86 bits per heavy atom. The van der Waals surface area contributed by atoms with Gasteiger partial charge in [-0.2, -0.15) is 5.26 Å². The molecule has 1 N–H and O–H groups in total. The SMILES string of the molecule is CN(C)C(=O)c1ccc(-c2ccc3c(NCCC4CC4)c(C#N)nnc3c2)cc1. The van der Waals surface area contributed by atoms with Crippen molar-refractivity contribution in [3.05, 3.63) is 53.7 Å². The smallest absolute Gasteiger partial charge is 0.253 e. The van der Waals surface area contributed by atoms with Crippen molar-refractivity contribution in [2.24, 2.45) is 5.92 Å². The number of nitrogens with zero attached hydrogens (tertiary/aromatic N) is 4. The van der Waals surface area contributed by atoms with Crippen molar-refractivity contribution in [3.63, 3.8) is 0 Å². The summed E-state index contributed by atoms with van der Waals surface area (Å²) in [5, 5.41) is 22.1. The second-order valence-corrected chi connectivity index (χ2v) is 7.70. The second-order valence-electron chi connectivity index (χ2n) is 7.70. The summed E-state index contributed by atoms with van der Waals surface area (Å²) in [5.41, 5.74) is 4.47. The van der Waals surface area contributed by atoms with E-state index >= 15 is 0 Å². The molecule has 1 fully saturated rings. The molecule has 1 aromatic heterocycles. The number of benzene rings is 2. The first-order valence-corrected chi connectivity index (χ1v) is 9.83. The van der Waals surface area contributed by atoms with Crippen molar-refractivity contribution in [2.75, 3.05) is 26.0 Å². The first-order valence-electron chi connectivity index (χ1n) is 9.83. The maximum absolute atomic E-state index is 12.1. The fourth-order valence-corrected chi connectivity index (χ4v) is 3.42. The number of aromatic nitrogens is 2. The fourth-order valence-electron chi connectivity index (χ4n) is 3.42. The van der Waals surface area contributed by atoms with Gasteiger partial charge in [0, 0.05) is 31.6 Å². The van der Waals surface area contributed by atoms with Crippen LogP contribution < -0.4 is 5.32 Å². The second kappa shape index (κ2) is 7.88. The van der Waals surface area contributed by atoms with Gasteiger partial charge in [0.05, 0.1) is 11.2 Å². The molecule has 1 saturated carbocycles. The van der Waals surface area contributed by atoms with Crippen LogP contribution in [0, 0.1) is 17.2 Å². The van der Waals surface area contributed by atoms with Gasteiger partial charge in [0.25, 0.3) is 5.91 Å². The molecule has 0 unspecified atom stereocenters. The topological polar surface area (TPSA) is 81.9 Å². The van der Waals surface area contributed by atoms with Crippen LogP contribution in [-0.2, 0) is 0 Å². The number of hydrogen-bond acceptors (Lipinski definition) is 5. The predicted octanol–water partition coefficient (Wildman–Crippen LogP) is 4.08. The van der Waals surface area contributed by atoms with Gasteiger partial charge >= 0.3 is 0 Å². The van der Waals surface area contributed by atoms with E-state index in [0.717, 1.165) is 46.6 Å². The lowest BCUT2D eigenvalue weighted by atomic mass is 10.0. The Kier molecular flexibility index (Phi) is 5.13. The zero-order chi connectivity index (χ0) is 20.4. The normalized spacial score (nSPS) is 13.1. The number of fused-ring (bicyclic) bond motifs is 1. The Bertz CT molecular complexity index is 1090. The van der Waals surface area contributed by atoms with Crippen LogP contribution >= 0.6 is 0 Å². The Labute approximate surface area is 170 Å². The number of amides is 1. The third-order valence-electron chi connectivity index (χ3n) is 5.29. The van der Waals surface area contributed by atoms with E-state index in [2.05, 4.69) is 21.6 Å². The van der Waals surface area contributed by atoms with E-state index in [9.17, 15) is 10.1 Å². The van der Waals surface area contributed by atoms with Crippen molar-refractivity contribution in [1.29, 1.82) is 5.26 Å². The van der Waals surface area contributed by atoms with E-state index in [1.165, 1.54) is 12.8 Å². The lowest BCUT2D eigenvalue weighted by molar-refractivity contribution is 0.0827. The maximum Gasteiger partial charge on any atom is 0.253 e. The predicted molar refractivity (Wildman–Crippen MR) is 114 cm³/mol. The van der Waals surface area contributed by atoms with E-state index in [0.29, 0.717) is 11.3 Å². The third-order valence-corrected chi connectivity index (χ3v) is 5.29.